The van der Waals surface area contributed by atoms with Crippen molar-refractivity contribution in [2.45, 2.75) is 32.7 Å². The van der Waals surface area contributed by atoms with Crippen LogP contribution in [0.1, 0.15) is 54.5 Å². The molecule has 1 amide bonds. The number of nitrogens with zero attached hydrogens (tertiary/aromatic N) is 1. The van der Waals surface area contributed by atoms with Gasteiger partial charge in [-0.25, -0.2) is 0 Å². The molecule has 0 bridgehead atoms. The van der Waals surface area contributed by atoms with Crippen LogP contribution in [-0.2, 0) is 0 Å². The van der Waals surface area contributed by atoms with E-state index in [1.807, 2.05) is 31.2 Å². The predicted molar refractivity (Wildman–Crippen MR) is 82.7 cm³/mol. The van der Waals surface area contributed by atoms with E-state index in [2.05, 4.69) is 45.3 Å². The minimum Gasteiger partial charge on any atom is -0.344 e. The first kappa shape index (κ1) is 14.8. The van der Waals surface area contributed by atoms with E-state index in [9.17, 15) is 4.79 Å². The van der Waals surface area contributed by atoms with Crippen molar-refractivity contribution >= 4 is 21.8 Å². The van der Waals surface area contributed by atoms with Crippen molar-refractivity contribution in [1.29, 1.82) is 0 Å². The van der Waals surface area contributed by atoms with Gasteiger partial charge in [0.15, 0.2) is 0 Å². The number of rotatable bonds is 4. The fraction of sp³-hybridized carbons (Fsp3) is 0.333. The first-order valence-corrected chi connectivity index (χ1v) is 7.38. The normalized spacial score (nSPS) is 12.4. The van der Waals surface area contributed by atoms with Crippen LogP contribution >= 0.6 is 15.9 Å². The second-order valence-electron chi connectivity index (χ2n) is 5.11. The summed E-state index contributed by atoms with van der Waals surface area (Å²) in [4.78, 5) is 12.1. The van der Waals surface area contributed by atoms with E-state index in [1.54, 1.807) is 6.07 Å². The van der Waals surface area contributed by atoms with E-state index < -0.39 is 0 Å². The van der Waals surface area contributed by atoms with Crippen molar-refractivity contribution in [3.05, 3.63) is 51.8 Å². The van der Waals surface area contributed by atoms with Gasteiger partial charge in [-0.2, -0.15) is 5.10 Å². The summed E-state index contributed by atoms with van der Waals surface area (Å²) in [5.74, 6) is 0.159. The van der Waals surface area contributed by atoms with Crippen LogP contribution in [0.15, 0.2) is 34.8 Å². The van der Waals surface area contributed by atoms with Crippen LogP contribution in [0.2, 0.25) is 0 Å². The van der Waals surface area contributed by atoms with Gasteiger partial charge < -0.3 is 5.32 Å². The highest BCUT2D eigenvalue weighted by atomic mass is 79.9. The second-order valence-corrected chi connectivity index (χ2v) is 6.03. The Morgan fingerprint density at radius 2 is 2.05 bits per heavy atom. The largest absolute Gasteiger partial charge is 0.344 e. The average molecular weight is 336 g/mol. The minimum atomic E-state index is -0.166. The zero-order valence-corrected chi connectivity index (χ0v) is 13.4. The van der Waals surface area contributed by atoms with Gasteiger partial charge in [0.1, 0.15) is 5.69 Å². The molecule has 1 unspecified atom stereocenters. The standard InChI is InChI=1S/C15H18BrN3O/c1-9(2)13-8-14(19-18-13)15(20)17-10(3)11-5-4-6-12(16)7-11/h4-10H,1-3H3,(H,17,20)(H,18,19). The number of aromatic nitrogens is 2. The average Bonchev–Trinajstić information content (AvgIpc) is 2.88. The lowest BCUT2D eigenvalue weighted by molar-refractivity contribution is 0.0935. The van der Waals surface area contributed by atoms with Gasteiger partial charge in [-0.15, -0.1) is 0 Å². The van der Waals surface area contributed by atoms with Crippen molar-refractivity contribution in [2.24, 2.45) is 0 Å². The summed E-state index contributed by atoms with van der Waals surface area (Å²) in [6, 6.07) is 9.62. The van der Waals surface area contributed by atoms with E-state index in [1.165, 1.54) is 0 Å². The Kier molecular flexibility index (Phi) is 4.60. The summed E-state index contributed by atoms with van der Waals surface area (Å²) >= 11 is 3.43. The maximum Gasteiger partial charge on any atom is 0.272 e. The fourth-order valence-corrected chi connectivity index (χ4v) is 2.30. The summed E-state index contributed by atoms with van der Waals surface area (Å²) in [5, 5.41) is 9.89. The molecule has 4 nitrogen and oxygen atoms in total. The highest BCUT2D eigenvalue weighted by molar-refractivity contribution is 9.10. The van der Waals surface area contributed by atoms with Crippen LogP contribution < -0.4 is 5.32 Å². The number of aromatic amines is 1. The fourth-order valence-electron chi connectivity index (χ4n) is 1.88. The highest BCUT2D eigenvalue weighted by Gasteiger charge is 2.15. The Balaban J connectivity index is 2.07. The third-order valence-electron chi connectivity index (χ3n) is 3.15. The van der Waals surface area contributed by atoms with Gasteiger partial charge in [-0.05, 0) is 36.6 Å². The van der Waals surface area contributed by atoms with Gasteiger partial charge in [0.25, 0.3) is 5.91 Å². The Labute approximate surface area is 127 Å². The molecule has 0 aliphatic heterocycles. The van der Waals surface area contributed by atoms with Gasteiger partial charge in [0.05, 0.1) is 6.04 Å². The molecule has 0 saturated carbocycles. The minimum absolute atomic E-state index is 0.0702. The van der Waals surface area contributed by atoms with E-state index >= 15 is 0 Å². The molecule has 0 fully saturated rings. The zero-order valence-electron chi connectivity index (χ0n) is 11.8. The Morgan fingerprint density at radius 3 is 2.65 bits per heavy atom. The molecule has 1 aromatic carbocycles. The Morgan fingerprint density at radius 1 is 1.30 bits per heavy atom. The Hall–Kier alpha value is -1.62. The van der Waals surface area contributed by atoms with Crippen LogP contribution in [0, 0.1) is 0 Å². The third kappa shape index (κ3) is 3.48. The first-order valence-electron chi connectivity index (χ1n) is 6.59. The maximum atomic E-state index is 12.1. The molecule has 0 saturated heterocycles. The molecule has 2 rings (SSSR count). The molecular weight excluding hydrogens is 318 g/mol. The van der Waals surface area contributed by atoms with Crippen molar-refractivity contribution in [1.82, 2.24) is 15.5 Å². The van der Waals surface area contributed by atoms with E-state index in [-0.39, 0.29) is 11.9 Å². The number of hydrogen-bond donors (Lipinski definition) is 2. The van der Waals surface area contributed by atoms with E-state index in [4.69, 9.17) is 0 Å². The molecule has 0 radical (unpaired) electrons. The predicted octanol–water partition coefficient (Wildman–Crippen LogP) is 3.79. The van der Waals surface area contributed by atoms with Gasteiger partial charge in [0, 0.05) is 10.2 Å². The molecule has 2 aromatic rings. The molecule has 0 spiro atoms. The monoisotopic (exact) mass is 335 g/mol. The van der Waals surface area contributed by atoms with Crippen LogP contribution in [0.4, 0.5) is 0 Å². The van der Waals surface area contributed by atoms with Crippen LogP contribution in [0.25, 0.3) is 0 Å². The summed E-state index contributed by atoms with van der Waals surface area (Å²) in [5.41, 5.74) is 2.44. The van der Waals surface area contributed by atoms with Crippen LogP contribution in [0.3, 0.4) is 0 Å². The quantitative estimate of drug-likeness (QED) is 0.893. The van der Waals surface area contributed by atoms with Crippen molar-refractivity contribution in [3.63, 3.8) is 0 Å². The molecule has 1 aromatic heterocycles. The number of H-pyrrole nitrogens is 1. The topological polar surface area (TPSA) is 57.8 Å². The summed E-state index contributed by atoms with van der Waals surface area (Å²) in [6.07, 6.45) is 0. The lowest BCUT2D eigenvalue weighted by Crippen LogP contribution is -2.26. The molecule has 0 aliphatic rings. The second kappa shape index (κ2) is 6.22. The summed E-state index contributed by atoms with van der Waals surface area (Å²) in [6.45, 7) is 6.06. The third-order valence-corrected chi connectivity index (χ3v) is 3.64. The van der Waals surface area contributed by atoms with Gasteiger partial charge in [-0.3, -0.25) is 9.89 Å². The lowest BCUT2D eigenvalue weighted by Gasteiger charge is -2.13. The molecule has 0 aliphatic carbocycles. The molecule has 2 N–H and O–H groups in total. The number of nitrogens with one attached hydrogen (secondary N) is 2. The van der Waals surface area contributed by atoms with Crippen molar-refractivity contribution in [2.75, 3.05) is 0 Å². The number of carbonyl (C=O) groups is 1. The van der Waals surface area contributed by atoms with Gasteiger partial charge in [-0.1, -0.05) is 41.9 Å². The molecule has 1 heterocycles. The number of carbonyl (C=O) groups excluding carboxylic acids is 1. The SMILES string of the molecule is CC(C)c1cc(C(=O)NC(C)c2cccc(Br)c2)n[nH]1. The van der Waals surface area contributed by atoms with Crippen molar-refractivity contribution < 1.29 is 4.79 Å². The number of benzene rings is 1. The van der Waals surface area contributed by atoms with Gasteiger partial charge in [0.2, 0.25) is 0 Å². The number of amides is 1. The lowest BCUT2D eigenvalue weighted by atomic mass is 10.1. The number of halogens is 1. The summed E-state index contributed by atoms with van der Waals surface area (Å²) in [7, 11) is 0. The van der Waals surface area contributed by atoms with Gasteiger partial charge >= 0.3 is 0 Å². The highest BCUT2D eigenvalue weighted by Crippen LogP contribution is 2.18. The molecule has 5 heteroatoms. The summed E-state index contributed by atoms with van der Waals surface area (Å²) < 4.78 is 0.998. The zero-order chi connectivity index (χ0) is 14.7. The molecule has 106 valence electrons. The smallest absolute Gasteiger partial charge is 0.272 e. The van der Waals surface area contributed by atoms with Crippen LogP contribution in [0.5, 0.6) is 0 Å². The Bertz CT molecular complexity index is 607. The molecular formula is C15H18BrN3O. The van der Waals surface area contributed by atoms with E-state index in [0.717, 1.165) is 15.7 Å². The van der Waals surface area contributed by atoms with Crippen molar-refractivity contribution in [3.8, 4) is 0 Å². The molecule has 1 atom stereocenters. The first-order chi connectivity index (χ1) is 9.47. The molecule has 20 heavy (non-hydrogen) atoms. The number of hydrogen-bond acceptors (Lipinski definition) is 2. The van der Waals surface area contributed by atoms with E-state index in [0.29, 0.717) is 11.6 Å². The van der Waals surface area contributed by atoms with Crippen LogP contribution in [-0.4, -0.2) is 16.1 Å². The maximum absolute atomic E-state index is 12.1.